The van der Waals surface area contributed by atoms with Crippen molar-refractivity contribution in [1.82, 2.24) is 15.0 Å². The van der Waals surface area contributed by atoms with Gasteiger partial charge >= 0.3 is 0 Å². The zero-order valence-corrected chi connectivity index (χ0v) is 16.9. The average molecular weight is 371 g/mol. The van der Waals surface area contributed by atoms with Gasteiger partial charge in [-0.2, -0.15) is 4.98 Å². The van der Waals surface area contributed by atoms with E-state index in [4.69, 9.17) is 9.26 Å². The number of hydrogen-bond donors (Lipinski definition) is 0. The Kier molecular flexibility index (Phi) is 5.65. The molecule has 0 bridgehead atoms. The van der Waals surface area contributed by atoms with Crippen molar-refractivity contribution in [2.45, 2.75) is 52.0 Å². The Hall–Kier alpha value is -2.21. The number of rotatable bonds is 5. The van der Waals surface area contributed by atoms with Gasteiger partial charge in [0.05, 0.1) is 13.2 Å². The first kappa shape index (κ1) is 19.5. The molecular weight excluding hydrogens is 342 g/mol. The third-order valence-corrected chi connectivity index (χ3v) is 5.29. The second-order valence-electron chi connectivity index (χ2n) is 8.29. The Bertz CT molecular complexity index is 769. The normalized spacial score (nSPS) is 17.7. The number of likely N-dealkylation sites (tertiary alicyclic amines) is 1. The average Bonchev–Trinajstić information content (AvgIpc) is 3.18. The molecule has 0 saturated carbocycles. The van der Waals surface area contributed by atoms with E-state index >= 15 is 0 Å². The Morgan fingerprint density at radius 2 is 1.85 bits per heavy atom. The van der Waals surface area contributed by atoms with Crippen molar-refractivity contribution in [2.75, 3.05) is 20.2 Å². The fourth-order valence-corrected chi connectivity index (χ4v) is 3.41. The minimum atomic E-state index is -0.126. The van der Waals surface area contributed by atoms with Crippen molar-refractivity contribution < 1.29 is 14.1 Å². The molecule has 0 N–H and O–H groups in total. The molecule has 2 heterocycles. The quantitative estimate of drug-likeness (QED) is 0.739. The predicted molar refractivity (Wildman–Crippen MR) is 103 cm³/mol. The number of carbonyl (C=O) groups excluding carboxylic acids is 1. The maximum Gasteiger partial charge on any atom is 0.243 e. The zero-order valence-electron chi connectivity index (χ0n) is 16.9. The van der Waals surface area contributed by atoms with E-state index in [-0.39, 0.29) is 23.2 Å². The summed E-state index contributed by atoms with van der Waals surface area (Å²) in [5.74, 6) is 2.44. The minimum absolute atomic E-state index is 0.0608. The van der Waals surface area contributed by atoms with E-state index in [0.717, 1.165) is 43.1 Å². The molecule has 1 fully saturated rings. The van der Waals surface area contributed by atoms with E-state index in [9.17, 15) is 4.79 Å². The molecule has 0 radical (unpaired) electrons. The second-order valence-corrected chi connectivity index (χ2v) is 8.29. The number of hydrogen-bond acceptors (Lipinski definition) is 6. The fraction of sp³-hybridized carbons (Fsp3) is 0.571. The van der Waals surface area contributed by atoms with E-state index < -0.39 is 0 Å². The van der Waals surface area contributed by atoms with Crippen LogP contribution in [0.4, 0.5) is 0 Å². The summed E-state index contributed by atoms with van der Waals surface area (Å²) in [6.07, 6.45) is 1.69. The number of Topliss-reactive ketones (excluding diaryl/α,β-unsaturated/α-hetero) is 1. The molecule has 146 valence electrons. The van der Waals surface area contributed by atoms with Gasteiger partial charge in [0.15, 0.2) is 11.6 Å². The highest BCUT2D eigenvalue weighted by Crippen LogP contribution is 2.29. The zero-order chi connectivity index (χ0) is 19.6. The van der Waals surface area contributed by atoms with Crippen molar-refractivity contribution in [1.29, 1.82) is 0 Å². The van der Waals surface area contributed by atoms with Crippen LogP contribution in [0.2, 0.25) is 0 Å². The number of nitrogens with zero attached hydrogens (tertiary/aromatic N) is 3. The monoisotopic (exact) mass is 371 g/mol. The topological polar surface area (TPSA) is 68.5 Å². The van der Waals surface area contributed by atoms with Crippen molar-refractivity contribution in [3.05, 3.63) is 41.5 Å². The fourth-order valence-electron chi connectivity index (χ4n) is 3.41. The van der Waals surface area contributed by atoms with Crippen LogP contribution in [0.25, 0.3) is 0 Å². The minimum Gasteiger partial charge on any atom is -0.497 e. The lowest BCUT2D eigenvalue weighted by Gasteiger charge is -2.34. The van der Waals surface area contributed by atoms with Gasteiger partial charge in [-0.3, -0.25) is 9.69 Å². The van der Waals surface area contributed by atoms with Crippen LogP contribution >= 0.6 is 0 Å². The lowest BCUT2D eigenvalue weighted by atomic mass is 9.88. The van der Waals surface area contributed by atoms with Crippen LogP contribution in [0.1, 0.15) is 68.7 Å². The SMILES string of the molecule is COc1ccc(C(=O)C2CCN([C@@H](C)c3nc(C(C)(C)C)no3)CC2)cc1. The van der Waals surface area contributed by atoms with Gasteiger partial charge in [0, 0.05) is 16.9 Å². The first-order chi connectivity index (χ1) is 12.8. The molecule has 6 nitrogen and oxygen atoms in total. The summed E-state index contributed by atoms with van der Waals surface area (Å²) in [7, 11) is 1.63. The Labute approximate surface area is 160 Å². The second kappa shape index (κ2) is 7.80. The van der Waals surface area contributed by atoms with Crippen LogP contribution in [0.15, 0.2) is 28.8 Å². The summed E-state index contributed by atoms with van der Waals surface area (Å²) in [4.78, 5) is 19.7. The van der Waals surface area contributed by atoms with Gasteiger partial charge in [0.2, 0.25) is 5.89 Å². The number of aromatic nitrogens is 2. The molecule has 3 rings (SSSR count). The summed E-state index contributed by atoms with van der Waals surface area (Å²) in [6.45, 7) is 10.0. The van der Waals surface area contributed by atoms with Crippen LogP contribution < -0.4 is 4.74 Å². The molecule has 1 aromatic heterocycles. The molecular formula is C21H29N3O3. The van der Waals surface area contributed by atoms with Crippen LogP contribution in [-0.2, 0) is 5.41 Å². The molecule has 1 aliphatic heterocycles. The number of carbonyl (C=O) groups is 1. The van der Waals surface area contributed by atoms with Gasteiger partial charge in [0.25, 0.3) is 0 Å². The Morgan fingerprint density at radius 3 is 2.37 bits per heavy atom. The first-order valence-corrected chi connectivity index (χ1v) is 9.56. The third-order valence-electron chi connectivity index (χ3n) is 5.29. The van der Waals surface area contributed by atoms with Crippen molar-refractivity contribution in [3.8, 4) is 5.75 Å². The van der Waals surface area contributed by atoms with Gasteiger partial charge in [-0.1, -0.05) is 25.9 Å². The summed E-state index contributed by atoms with van der Waals surface area (Å²) < 4.78 is 10.7. The van der Waals surface area contributed by atoms with Gasteiger partial charge in [-0.25, -0.2) is 0 Å². The van der Waals surface area contributed by atoms with E-state index in [2.05, 4.69) is 42.7 Å². The molecule has 0 unspecified atom stereocenters. The number of piperidine rings is 1. The highest BCUT2D eigenvalue weighted by atomic mass is 16.5. The molecule has 1 aromatic carbocycles. The van der Waals surface area contributed by atoms with E-state index in [1.807, 2.05) is 24.3 Å². The lowest BCUT2D eigenvalue weighted by molar-refractivity contribution is 0.0774. The number of methoxy groups -OCH3 is 1. The molecule has 1 aliphatic rings. The van der Waals surface area contributed by atoms with Gasteiger partial charge in [-0.15, -0.1) is 0 Å². The molecule has 27 heavy (non-hydrogen) atoms. The van der Waals surface area contributed by atoms with E-state index in [0.29, 0.717) is 5.89 Å². The van der Waals surface area contributed by atoms with Crippen LogP contribution in [0.5, 0.6) is 5.75 Å². The Morgan fingerprint density at radius 1 is 1.22 bits per heavy atom. The van der Waals surface area contributed by atoms with Crippen molar-refractivity contribution in [2.24, 2.45) is 5.92 Å². The van der Waals surface area contributed by atoms with Gasteiger partial charge < -0.3 is 9.26 Å². The van der Waals surface area contributed by atoms with Crippen molar-refractivity contribution in [3.63, 3.8) is 0 Å². The first-order valence-electron chi connectivity index (χ1n) is 9.56. The van der Waals surface area contributed by atoms with E-state index in [1.54, 1.807) is 7.11 Å². The lowest BCUT2D eigenvalue weighted by Crippen LogP contribution is -2.38. The number of ether oxygens (including phenoxy) is 1. The van der Waals surface area contributed by atoms with Crippen LogP contribution in [-0.4, -0.2) is 41.0 Å². The molecule has 1 atom stereocenters. The maximum absolute atomic E-state index is 12.8. The standard InChI is InChI=1S/C21H29N3O3/c1-14(19-22-20(23-27-19)21(2,3)4)24-12-10-16(11-13-24)18(25)15-6-8-17(26-5)9-7-15/h6-9,14,16H,10-13H2,1-5H3/t14-/m0/s1. The summed E-state index contributed by atoms with van der Waals surface area (Å²) in [5.41, 5.74) is 0.633. The van der Waals surface area contributed by atoms with Gasteiger partial charge in [-0.05, 0) is 57.1 Å². The van der Waals surface area contributed by atoms with Gasteiger partial charge in [0.1, 0.15) is 5.75 Å². The molecule has 0 aliphatic carbocycles. The van der Waals surface area contributed by atoms with Crippen LogP contribution in [0, 0.1) is 5.92 Å². The maximum atomic E-state index is 12.8. The number of benzene rings is 1. The molecule has 1 saturated heterocycles. The van der Waals surface area contributed by atoms with Crippen molar-refractivity contribution >= 4 is 5.78 Å². The Balaban J connectivity index is 1.59. The molecule has 6 heteroatoms. The largest absolute Gasteiger partial charge is 0.497 e. The molecule has 0 amide bonds. The number of ketones is 1. The third kappa shape index (κ3) is 4.38. The molecule has 2 aromatic rings. The van der Waals surface area contributed by atoms with E-state index in [1.165, 1.54) is 0 Å². The molecule has 0 spiro atoms. The summed E-state index contributed by atoms with van der Waals surface area (Å²) in [5, 5.41) is 4.12. The predicted octanol–water partition coefficient (Wildman–Crippen LogP) is 4.03. The highest BCUT2D eigenvalue weighted by Gasteiger charge is 2.31. The summed E-state index contributed by atoms with van der Waals surface area (Å²) >= 11 is 0. The van der Waals surface area contributed by atoms with Crippen LogP contribution in [0.3, 0.4) is 0 Å². The smallest absolute Gasteiger partial charge is 0.243 e. The summed E-state index contributed by atoms with van der Waals surface area (Å²) in [6, 6.07) is 7.44. The highest BCUT2D eigenvalue weighted by molar-refractivity contribution is 5.98.